The fourth-order valence-corrected chi connectivity index (χ4v) is 1.70. The molecule has 0 spiro atoms. The number of carbonyl (C=O) groups excluding carboxylic acids is 2. The summed E-state index contributed by atoms with van der Waals surface area (Å²) in [7, 11) is 0. The molecule has 0 radical (unpaired) electrons. The van der Waals surface area contributed by atoms with Crippen LogP contribution < -0.4 is 10.6 Å². The molecule has 0 bridgehead atoms. The maximum absolute atomic E-state index is 11.8. The van der Waals surface area contributed by atoms with E-state index in [4.69, 9.17) is 0 Å². The molecule has 0 fully saturated rings. The third-order valence-electron chi connectivity index (χ3n) is 2.72. The average Bonchev–Trinajstić information content (AvgIpc) is 2.44. The van der Waals surface area contributed by atoms with Gasteiger partial charge in [0.2, 0.25) is 5.95 Å². The van der Waals surface area contributed by atoms with Crippen molar-refractivity contribution in [1.82, 2.24) is 9.97 Å². The Morgan fingerprint density at radius 3 is 2.05 bits per heavy atom. The molecular formula is C14H14N4O2. The number of aryl methyl sites for hydroxylation is 2. The van der Waals surface area contributed by atoms with Crippen LogP contribution in [-0.2, 0) is 9.59 Å². The molecule has 20 heavy (non-hydrogen) atoms. The Hall–Kier alpha value is -2.76. The van der Waals surface area contributed by atoms with Crippen molar-refractivity contribution in [3.63, 3.8) is 0 Å². The van der Waals surface area contributed by atoms with Crippen LogP contribution in [0.25, 0.3) is 0 Å². The number of hydrogen-bond acceptors (Lipinski definition) is 4. The van der Waals surface area contributed by atoms with Crippen molar-refractivity contribution in [2.75, 3.05) is 10.6 Å². The highest BCUT2D eigenvalue weighted by Gasteiger charge is 2.16. The average molecular weight is 270 g/mol. The van der Waals surface area contributed by atoms with Gasteiger partial charge in [-0.05, 0) is 31.0 Å². The van der Waals surface area contributed by atoms with Crippen molar-refractivity contribution < 1.29 is 9.59 Å². The molecule has 2 aromatic rings. The van der Waals surface area contributed by atoms with Crippen LogP contribution in [0.3, 0.4) is 0 Å². The van der Waals surface area contributed by atoms with E-state index in [0.29, 0.717) is 5.69 Å². The Morgan fingerprint density at radius 2 is 1.45 bits per heavy atom. The van der Waals surface area contributed by atoms with Gasteiger partial charge in [0.05, 0.1) is 0 Å². The standard InChI is InChI=1S/C14H14N4O2/c1-9-5-3-6-10(2)11(9)17-12(19)13(20)18-14-15-7-4-8-16-14/h3-8H,1-2H3,(H,17,19)(H,15,16,18,20). The smallest absolute Gasteiger partial charge is 0.316 e. The summed E-state index contributed by atoms with van der Waals surface area (Å²) in [6.07, 6.45) is 2.96. The number of hydrogen-bond donors (Lipinski definition) is 2. The molecule has 0 saturated heterocycles. The van der Waals surface area contributed by atoms with Crippen LogP contribution in [0.15, 0.2) is 36.7 Å². The Kier molecular flexibility index (Phi) is 4.05. The van der Waals surface area contributed by atoms with Gasteiger partial charge in [-0.2, -0.15) is 0 Å². The summed E-state index contributed by atoms with van der Waals surface area (Å²) in [6.45, 7) is 3.72. The van der Waals surface area contributed by atoms with Gasteiger partial charge in [-0.3, -0.25) is 14.9 Å². The van der Waals surface area contributed by atoms with Crippen LogP contribution in [0.4, 0.5) is 11.6 Å². The fourth-order valence-electron chi connectivity index (χ4n) is 1.70. The normalized spacial score (nSPS) is 9.90. The van der Waals surface area contributed by atoms with Gasteiger partial charge in [-0.1, -0.05) is 18.2 Å². The lowest BCUT2D eigenvalue weighted by molar-refractivity contribution is -0.133. The molecule has 0 aliphatic rings. The Labute approximate surface area is 116 Å². The van der Waals surface area contributed by atoms with Crippen LogP contribution in [0.2, 0.25) is 0 Å². The molecule has 6 heteroatoms. The first-order chi connectivity index (χ1) is 9.58. The first-order valence-electron chi connectivity index (χ1n) is 6.03. The summed E-state index contributed by atoms with van der Waals surface area (Å²) >= 11 is 0. The number of benzene rings is 1. The fraction of sp³-hybridized carbons (Fsp3) is 0.143. The molecular weight excluding hydrogens is 256 g/mol. The van der Waals surface area contributed by atoms with Crippen molar-refractivity contribution in [3.8, 4) is 0 Å². The van der Waals surface area contributed by atoms with Crippen LogP contribution in [0.1, 0.15) is 11.1 Å². The van der Waals surface area contributed by atoms with Gasteiger partial charge in [0, 0.05) is 18.1 Å². The predicted octanol–water partition coefficient (Wildman–Crippen LogP) is 1.67. The van der Waals surface area contributed by atoms with Crippen molar-refractivity contribution in [3.05, 3.63) is 47.8 Å². The summed E-state index contributed by atoms with van der Waals surface area (Å²) < 4.78 is 0. The monoisotopic (exact) mass is 270 g/mol. The predicted molar refractivity (Wildman–Crippen MR) is 75.2 cm³/mol. The maximum Gasteiger partial charge on any atom is 0.316 e. The summed E-state index contributed by atoms with van der Waals surface area (Å²) in [5, 5.41) is 4.92. The zero-order chi connectivity index (χ0) is 14.5. The lowest BCUT2D eigenvalue weighted by Crippen LogP contribution is -2.30. The van der Waals surface area contributed by atoms with Gasteiger partial charge in [-0.15, -0.1) is 0 Å². The molecule has 0 saturated carbocycles. The third-order valence-corrected chi connectivity index (χ3v) is 2.72. The van der Waals surface area contributed by atoms with Crippen molar-refractivity contribution >= 4 is 23.5 Å². The minimum absolute atomic E-state index is 0.0918. The minimum atomic E-state index is -0.807. The van der Waals surface area contributed by atoms with Gasteiger partial charge in [-0.25, -0.2) is 9.97 Å². The number of rotatable bonds is 2. The zero-order valence-corrected chi connectivity index (χ0v) is 11.2. The summed E-state index contributed by atoms with van der Waals surface area (Å²) in [6, 6.07) is 7.23. The Morgan fingerprint density at radius 1 is 0.900 bits per heavy atom. The second kappa shape index (κ2) is 5.92. The van der Waals surface area contributed by atoms with E-state index in [2.05, 4.69) is 20.6 Å². The minimum Gasteiger partial charge on any atom is -0.317 e. The number of carbonyl (C=O) groups is 2. The van der Waals surface area contributed by atoms with E-state index >= 15 is 0 Å². The van der Waals surface area contributed by atoms with E-state index in [1.807, 2.05) is 32.0 Å². The second-order valence-electron chi connectivity index (χ2n) is 4.25. The summed E-state index contributed by atoms with van der Waals surface area (Å²) in [5.74, 6) is -1.47. The highest BCUT2D eigenvalue weighted by Crippen LogP contribution is 2.19. The maximum atomic E-state index is 11.8. The summed E-state index contributed by atoms with van der Waals surface area (Å²) in [4.78, 5) is 31.2. The number of nitrogens with one attached hydrogen (secondary N) is 2. The molecule has 0 unspecified atom stereocenters. The topological polar surface area (TPSA) is 84.0 Å². The number of nitrogens with zero attached hydrogens (tertiary/aromatic N) is 2. The van der Waals surface area contributed by atoms with Crippen molar-refractivity contribution in [2.45, 2.75) is 13.8 Å². The zero-order valence-electron chi connectivity index (χ0n) is 11.2. The van der Waals surface area contributed by atoms with Crippen LogP contribution in [-0.4, -0.2) is 21.8 Å². The Balaban J connectivity index is 2.07. The van der Waals surface area contributed by atoms with Gasteiger partial charge in [0.15, 0.2) is 0 Å². The molecule has 1 aromatic heterocycles. The van der Waals surface area contributed by atoms with E-state index in [1.54, 1.807) is 6.07 Å². The molecule has 6 nitrogen and oxygen atoms in total. The highest BCUT2D eigenvalue weighted by molar-refractivity contribution is 6.43. The lowest BCUT2D eigenvalue weighted by Gasteiger charge is -2.10. The molecule has 0 atom stereocenters. The van der Waals surface area contributed by atoms with Crippen LogP contribution >= 0.6 is 0 Å². The third kappa shape index (κ3) is 3.17. The van der Waals surface area contributed by atoms with E-state index in [0.717, 1.165) is 11.1 Å². The highest BCUT2D eigenvalue weighted by atomic mass is 16.2. The van der Waals surface area contributed by atoms with Crippen molar-refractivity contribution in [1.29, 1.82) is 0 Å². The van der Waals surface area contributed by atoms with Gasteiger partial charge >= 0.3 is 11.8 Å². The molecule has 1 heterocycles. The molecule has 0 aliphatic carbocycles. The van der Waals surface area contributed by atoms with Gasteiger partial charge in [0.1, 0.15) is 0 Å². The molecule has 2 N–H and O–H groups in total. The van der Waals surface area contributed by atoms with E-state index in [9.17, 15) is 9.59 Å². The molecule has 0 aliphatic heterocycles. The molecule has 2 amide bonds. The first-order valence-corrected chi connectivity index (χ1v) is 6.03. The SMILES string of the molecule is Cc1cccc(C)c1NC(=O)C(=O)Nc1ncccn1. The molecule has 2 rings (SSSR count). The van der Waals surface area contributed by atoms with Gasteiger partial charge in [0.25, 0.3) is 0 Å². The van der Waals surface area contributed by atoms with E-state index in [1.165, 1.54) is 12.4 Å². The van der Waals surface area contributed by atoms with Gasteiger partial charge < -0.3 is 5.32 Å². The van der Waals surface area contributed by atoms with E-state index in [-0.39, 0.29) is 5.95 Å². The second-order valence-corrected chi connectivity index (χ2v) is 4.25. The van der Waals surface area contributed by atoms with Crippen molar-refractivity contribution in [2.24, 2.45) is 0 Å². The first kappa shape index (κ1) is 13.7. The van der Waals surface area contributed by atoms with E-state index < -0.39 is 11.8 Å². The molecule has 102 valence electrons. The lowest BCUT2D eigenvalue weighted by atomic mass is 10.1. The summed E-state index contributed by atoms with van der Waals surface area (Å²) in [5.41, 5.74) is 2.42. The largest absolute Gasteiger partial charge is 0.317 e. The number of aromatic nitrogens is 2. The van der Waals surface area contributed by atoms with Crippen LogP contribution in [0.5, 0.6) is 0 Å². The number of para-hydroxylation sites is 1. The van der Waals surface area contributed by atoms with Crippen LogP contribution in [0, 0.1) is 13.8 Å². The number of amides is 2. The molecule has 1 aromatic carbocycles. The quantitative estimate of drug-likeness (QED) is 0.813. The number of anilines is 2. The Bertz CT molecular complexity index is 621.